The first-order chi connectivity index (χ1) is 15.9. The summed E-state index contributed by atoms with van der Waals surface area (Å²) in [7, 11) is 0. The van der Waals surface area contributed by atoms with Gasteiger partial charge in [0, 0.05) is 27.1 Å². The van der Waals surface area contributed by atoms with Gasteiger partial charge < -0.3 is 14.8 Å². The first-order valence-corrected chi connectivity index (χ1v) is 11.9. The van der Waals surface area contributed by atoms with Crippen molar-refractivity contribution in [3.8, 4) is 16.9 Å². The number of aryl methyl sites for hydroxylation is 1. The lowest BCUT2D eigenvalue weighted by molar-refractivity contribution is -0.111. The number of anilines is 1. The van der Waals surface area contributed by atoms with Gasteiger partial charge in [0.1, 0.15) is 16.3 Å². The summed E-state index contributed by atoms with van der Waals surface area (Å²) in [4.78, 5) is 26.4. The number of hydrogen-bond acceptors (Lipinski definition) is 5. The molecule has 1 amide bonds. The molecule has 5 nitrogen and oxygen atoms in total. The minimum absolute atomic E-state index is 0.232. The number of halogens is 1. The highest BCUT2D eigenvalue weighted by Crippen LogP contribution is 2.40. The molecule has 2 aromatic carbocycles. The van der Waals surface area contributed by atoms with Gasteiger partial charge in [0.25, 0.3) is 0 Å². The summed E-state index contributed by atoms with van der Waals surface area (Å²) in [6.45, 7) is 6.52. The van der Waals surface area contributed by atoms with Crippen LogP contribution in [0.3, 0.4) is 0 Å². The van der Waals surface area contributed by atoms with Crippen molar-refractivity contribution in [2.24, 2.45) is 0 Å². The van der Waals surface area contributed by atoms with Crippen molar-refractivity contribution in [3.05, 3.63) is 75.6 Å². The van der Waals surface area contributed by atoms with Crippen molar-refractivity contribution in [1.29, 1.82) is 0 Å². The molecular weight excluding hydrogens is 458 g/mol. The van der Waals surface area contributed by atoms with Gasteiger partial charge in [-0.2, -0.15) is 0 Å². The number of thiophene rings is 1. The van der Waals surface area contributed by atoms with Crippen molar-refractivity contribution in [2.75, 3.05) is 18.5 Å². The second-order valence-electron chi connectivity index (χ2n) is 7.17. The molecule has 0 radical (unpaired) electrons. The summed E-state index contributed by atoms with van der Waals surface area (Å²) in [5.74, 6) is -0.119. The molecule has 0 unspecified atom stereocenters. The van der Waals surface area contributed by atoms with E-state index < -0.39 is 5.97 Å². The van der Waals surface area contributed by atoms with E-state index in [9.17, 15) is 9.59 Å². The fraction of sp³-hybridized carbons (Fsp3) is 0.231. The molecule has 0 aliphatic rings. The molecule has 0 fully saturated rings. The number of nitrogens with one attached hydrogen (secondary N) is 1. The Kier molecular flexibility index (Phi) is 8.69. The van der Waals surface area contributed by atoms with Gasteiger partial charge in [-0.1, -0.05) is 48.9 Å². The van der Waals surface area contributed by atoms with Crippen molar-refractivity contribution in [2.45, 2.75) is 27.2 Å². The molecule has 0 spiro atoms. The number of rotatable bonds is 9. The zero-order valence-corrected chi connectivity index (χ0v) is 20.4. The molecule has 0 saturated carbocycles. The summed E-state index contributed by atoms with van der Waals surface area (Å²) in [6, 6.07) is 14.7. The van der Waals surface area contributed by atoms with E-state index in [4.69, 9.17) is 21.1 Å². The van der Waals surface area contributed by atoms with Crippen LogP contribution in [0.4, 0.5) is 5.00 Å². The second-order valence-corrected chi connectivity index (χ2v) is 8.83. The van der Waals surface area contributed by atoms with E-state index >= 15 is 0 Å². The van der Waals surface area contributed by atoms with E-state index in [2.05, 4.69) is 5.32 Å². The van der Waals surface area contributed by atoms with Crippen LogP contribution in [0.25, 0.3) is 17.2 Å². The maximum Gasteiger partial charge on any atom is 0.341 e. The summed E-state index contributed by atoms with van der Waals surface area (Å²) >= 11 is 7.36. The lowest BCUT2D eigenvalue weighted by Crippen LogP contribution is -2.12. The molecule has 0 aliphatic carbocycles. The van der Waals surface area contributed by atoms with E-state index in [0.717, 1.165) is 28.0 Å². The summed E-state index contributed by atoms with van der Waals surface area (Å²) < 4.78 is 11.0. The van der Waals surface area contributed by atoms with Gasteiger partial charge in [0.2, 0.25) is 5.91 Å². The maximum absolute atomic E-state index is 12.8. The number of para-hydroxylation sites is 1. The Balaban J connectivity index is 1.90. The Morgan fingerprint density at radius 3 is 2.52 bits per heavy atom. The lowest BCUT2D eigenvalue weighted by Gasteiger charge is -2.09. The van der Waals surface area contributed by atoms with Crippen molar-refractivity contribution in [3.63, 3.8) is 0 Å². The fourth-order valence-electron chi connectivity index (χ4n) is 3.28. The Bertz CT molecular complexity index is 1150. The van der Waals surface area contributed by atoms with E-state index in [1.165, 1.54) is 17.4 Å². The van der Waals surface area contributed by atoms with Gasteiger partial charge in [0.15, 0.2) is 0 Å². The number of ether oxygens (including phenoxy) is 2. The van der Waals surface area contributed by atoms with Crippen LogP contribution in [-0.4, -0.2) is 25.1 Å². The first kappa shape index (κ1) is 24.6. The quantitative estimate of drug-likeness (QED) is 0.263. The third-order valence-corrected chi connectivity index (χ3v) is 6.00. The van der Waals surface area contributed by atoms with Crippen LogP contribution in [-0.2, 0) is 9.53 Å². The molecule has 0 aliphatic heterocycles. The molecule has 172 valence electrons. The molecule has 7 heteroatoms. The van der Waals surface area contributed by atoms with Crippen LogP contribution in [0, 0.1) is 6.92 Å². The van der Waals surface area contributed by atoms with Gasteiger partial charge in [-0.3, -0.25) is 4.79 Å². The Hall–Kier alpha value is -3.09. The van der Waals surface area contributed by atoms with Crippen LogP contribution in [0.2, 0.25) is 5.02 Å². The van der Waals surface area contributed by atoms with Crippen LogP contribution in [0.1, 0.15) is 41.1 Å². The SMILES string of the molecule is CCCOc1ccccc1C=CC(=O)Nc1sc(C)c(-c2ccc(Cl)cc2)c1C(=O)OCC. The van der Waals surface area contributed by atoms with Crippen molar-refractivity contribution in [1.82, 2.24) is 0 Å². The summed E-state index contributed by atoms with van der Waals surface area (Å²) in [5.41, 5.74) is 2.70. The Labute approximate surface area is 203 Å². The highest BCUT2D eigenvalue weighted by Gasteiger charge is 2.25. The molecule has 1 aromatic heterocycles. The number of hydrogen-bond donors (Lipinski definition) is 1. The van der Waals surface area contributed by atoms with Gasteiger partial charge in [0.05, 0.1) is 13.2 Å². The number of amides is 1. The average Bonchev–Trinajstić information content (AvgIpc) is 3.13. The molecule has 1 heterocycles. The van der Waals surface area contributed by atoms with Crippen LogP contribution < -0.4 is 10.1 Å². The molecule has 1 N–H and O–H groups in total. The molecular formula is C26H26ClNO4S. The predicted octanol–water partition coefficient (Wildman–Crippen LogP) is 6.99. The molecule has 0 saturated heterocycles. The topological polar surface area (TPSA) is 64.6 Å². The standard InChI is InChI=1S/C26H26ClNO4S/c1-4-16-32-21-9-7-6-8-18(21)12-15-22(29)28-25-24(26(30)31-5-2)23(17(3)33-25)19-10-13-20(27)14-11-19/h6-15H,4-5,16H2,1-3H3,(H,28,29). The van der Waals surface area contributed by atoms with Crippen molar-refractivity contribution < 1.29 is 19.1 Å². The average molecular weight is 484 g/mol. The molecule has 3 aromatic rings. The molecule has 33 heavy (non-hydrogen) atoms. The minimum Gasteiger partial charge on any atom is -0.493 e. The zero-order chi connectivity index (χ0) is 23.8. The van der Waals surface area contributed by atoms with E-state index in [-0.39, 0.29) is 12.5 Å². The number of carbonyl (C=O) groups excluding carboxylic acids is 2. The van der Waals surface area contributed by atoms with E-state index in [0.29, 0.717) is 27.9 Å². The fourth-order valence-corrected chi connectivity index (χ4v) is 4.47. The van der Waals surface area contributed by atoms with Gasteiger partial charge in [-0.25, -0.2) is 4.79 Å². The predicted molar refractivity (Wildman–Crippen MR) is 135 cm³/mol. The van der Waals surface area contributed by atoms with E-state index in [1.54, 1.807) is 25.1 Å². The van der Waals surface area contributed by atoms with Crippen LogP contribution in [0.15, 0.2) is 54.6 Å². The Morgan fingerprint density at radius 1 is 1.09 bits per heavy atom. The maximum atomic E-state index is 12.8. The normalized spacial score (nSPS) is 10.9. The smallest absolute Gasteiger partial charge is 0.341 e. The molecule has 3 rings (SSSR count). The van der Waals surface area contributed by atoms with Gasteiger partial charge >= 0.3 is 5.97 Å². The monoisotopic (exact) mass is 483 g/mol. The summed E-state index contributed by atoms with van der Waals surface area (Å²) in [5, 5.41) is 3.90. The highest BCUT2D eigenvalue weighted by molar-refractivity contribution is 7.17. The molecule has 0 bridgehead atoms. The lowest BCUT2D eigenvalue weighted by atomic mass is 10.0. The second kappa shape index (κ2) is 11.7. The van der Waals surface area contributed by atoms with Crippen molar-refractivity contribution >= 4 is 45.9 Å². The third-order valence-electron chi connectivity index (χ3n) is 4.73. The van der Waals surface area contributed by atoms with Crippen LogP contribution in [0.5, 0.6) is 5.75 Å². The number of esters is 1. The summed E-state index contributed by atoms with van der Waals surface area (Å²) in [6.07, 6.45) is 4.02. The minimum atomic E-state index is -0.482. The Morgan fingerprint density at radius 2 is 1.82 bits per heavy atom. The van der Waals surface area contributed by atoms with Gasteiger partial charge in [-0.05, 0) is 50.1 Å². The first-order valence-electron chi connectivity index (χ1n) is 10.7. The molecule has 0 atom stereocenters. The van der Waals surface area contributed by atoms with E-state index in [1.807, 2.05) is 50.2 Å². The zero-order valence-electron chi connectivity index (χ0n) is 18.8. The number of carbonyl (C=O) groups is 2. The largest absolute Gasteiger partial charge is 0.493 e. The third kappa shape index (κ3) is 6.24. The number of benzene rings is 2. The van der Waals surface area contributed by atoms with Crippen LogP contribution >= 0.6 is 22.9 Å². The van der Waals surface area contributed by atoms with Gasteiger partial charge in [-0.15, -0.1) is 11.3 Å². The highest BCUT2D eigenvalue weighted by atomic mass is 35.5.